The number of piperidine rings is 1. The molecule has 0 aromatic rings. The fourth-order valence-corrected chi connectivity index (χ4v) is 2.97. The Morgan fingerprint density at radius 3 is 2.71 bits per heavy atom. The highest BCUT2D eigenvalue weighted by Gasteiger charge is 2.36. The van der Waals surface area contributed by atoms with Crippen LogP contribution in [-0.2, 0) is 4.79 Å². The molecule has 1 saturated heterocycles. The highest BCUT2D eigenvalue weighted by molar-refractivity contribution is 5.82. The predicted octanol–water partition coefficient (Wildman–Crippen LogP) is 0.500. The van der Waals surface area contributed by atoms with E-state index in [1.165, 1.54) is 12.8 Å². The fraction of sp³-hybridized carbons (Fsp3) is 0.923. The van der Waals surface area contributed by atoms with E-state index in [1.54, 1.807) is 0 Å². The summed E-state index contributed by atoms with van der Waals surface area (Å²) >= 11 is 0. The minimum Gasteiger partial charge on any atom is -0.393 e. The number of hydrogen-bond donors (Lipinski definition) is 2. The van der Waals surface area contributed by atoms with Gasteiger partial charge in [-0.25, -0.2) is 0 Å². The third-order valence-electron chi connectivity index (χ3n) is 4.23. The first kappa shape index (κ1) is 11.5. The molecule has 2 saturated carbocycles. The van der Waals surface area contributed by atoms with Crippen LogP contribution in [0.25, 0.3) is 0 Å². The number of likely N-dealkylation sites (tertiary alicyclic amines) is 1. The van der Waals surface area contributed by atoms with E-state index in [0.29, 0.717) is 17.9 Å². The molecule has 0 bridgehead atoms. The zero-order valence-corrected chi connectivity index (χ0v) is 10.3. The number of hydrogen-bond acceptors (Lipinski definition) is 3. The summed E-state index contributed by atoms with van der Waals surface area (Å²) in [6.07, 6.45) is 6.23. The Balaban J connectivity index is 1.51. The van der Waals surface area contributed by atoms with E-state index in [1.807, 2.05) is 4.90 Å². The van der Waals surface area contributed by atoms with E-state index >= 15 is 0 Å². The number of rotatable bonds is 4. The number of aliphatic hydroxyl groups excluding tert-OH is 1. The van der Waals surface area contributed by atoms with Crippen LogP contribution >= 0.6 is 0 Å². The Hall–Kier alpha value is -0.610. The van der Waals surface area contributed by atoms with Crippen molar-refractivity contribution in [1.29, 1.82) is 0 Å². The third-order valence-corrected chi connectivity index (χ3v) is 4.23. The molecule has 2 aliphatic carbocycles. The summed E-state index contributed by atoms with van der Waals surface area (Å²) in [6.45, 7) is 1.77. The van der Waals surface area contributed by atoms with Crippen LogP contribution in [0, 0.1) is 5.92 Å². The Morgan fingerprint density at radius 1 is 1.29 bits per heavy atom. The van der Waals surface area contributed by atoms with Crippen LogP contribution in [0.2, 0.25) is 0 Å². The van der Waals surface area contributed by atoms with Gasteiger partial charge in [-0.05, 0) is 44.4 Å². The normalized spacial score (nSPS) is 38.1. The Kier molecular flexibility index (Phi) is 3.09. The summed E-state index contributed by atoms with van der Waals surface area (Å²) in [6, 6.07) is 0.677. The number of carbonyl (C=O) groups excluding carboxylic acids is 1. The van der Waals surface area contributed by atoms with Gasteiger partial charge >= 0.3 is 0 Å². The van der Waals surface area contributed by atoms with Crippen LogP contribution in [0.5, 0.6) is 0 Å². The average Bonchev–Trinajstić information content (AvgIpc) is 3.05. The minimum atomic E-state index is -0.111. The van der Waals surface area contributed by atoms with E-state index in [9.17, 15) is 9.90 Å². The lowest BCUT2D eigenvalue weighted by Crippen LogP contribution is -2.53. The summed E-state index contributed by atoms with van der Waals surface area (Å²) in [5.41, 5.74) is 0. The predicted molar refractivity (Wildman–Crippen MR) is 64.5 cm³/mol. The summed E-state index contributed by atoms with van der Waals surface area (Å²) in [7, 11) is 0. The molecule has 3 fully saturated rings. The second-order valence-corrected chi connectivity index (χ2v) is 5.91. The maximum atomic E-state index is 12.2. The molecule has 3 rings (SSSR count). The summed E-state index contributed by atoms with van der Waals surface area (Å²) < 4.78 is 0. The number of amides is 1. The SMILES string of the molecule is O=C1C(NC2CC2)CCCN1CC1CC(O)C1. The van der Waals surface area contributed by atoms with Gasteiger partial charge in [-0.3, -0.25) is 4.79 Å². The molecular formula is C13H22N2O2. The summed E-state index contributed by atoms with van der Waals surface area (Å²) in [5.74, 6) is 0.832. The first-order valence-electron chi connectivity index (χ1n) is 6.95. The van der Waals surface area contributed by atoms with Crippen LogP contribution in [0.1, 0.15) is 38.5 Å². The molecule has 1 aliphatic heterocycles. The van der Waals surface area contributed by atoms with Crippen molar-refractivity contribution in [2.75, 3.05) is 13.1 Å². The topological polar surface area (TPSA) is 52.6 Å². The monoisotopic (exact) mass is 238 g/mol. The van der Waals surface area contributed by atoms with E-state index in [-0.39, 0.29) is 12.1 Å². The molecule has 0 aromatic heterocycles. The fourth-order valence-electron chi connectivity index (χ4n) is 2.97. The largest absolute Gasteiger partial charge is 0.393 e. The lowest BCUT2D eigenvalue weighted by atomic mass is 9.82. The first-order chi connectivity index (χ1) is 8.22. The number of nitrogens with one attached hydrogen (secondary N) is 1. The van der Waals surface area contributed by atoms with Gasteiger partial charge in [0.1, 0.15) is 0 Å². The maximum Gasteiger partial charge on any atom is 0.239 e. The van der Waals surface area contributed by atoms with Crippen LogP contribution in [-0.4, -0.2) is 47.2 Å². The van der Waals surface area contributed by atoms with E-state index in [2.05, 4.69) is 5.32 Å². The van der Waals surface area contributed by atoms with Crippen molar-refractivity contribution >= 4 is 5.91 Å². The molecule has 1 atom stereocenters. The molecule has 2 N–H and O–H groups in total. The van der Waals surface area contributed by atoms with Crippen molar-refractivity contribution in [2.24, 2.45) is 5.92 Å². The summed E-state index contributed by atoms with van der Waals surface area (Å²) in [4.78, 5) is 14.3. The molecule has 1 unspecified atom stereocenters. The highest BCUT2D eigenvalue weighted by atomic mass is 16.3. The first-order valence-corrected chi connectivity index (χ1v) is 6.95. The standard InChI is InChI=1S/C13H22N2O2/c16-11-6-9(7-11)8-15-5-1-2-12(13(15)17)14-10-3-4-10/h9-12,14,16H,1-8H2. The van der Waals surface area contributed by atoms with Crippen molar-refractivity contribution in [3.8, 4) is 0 Å². The van der Waals surface area contributed by atoms with Crippen LogP contribution in [0.3, 0.4) is 0 Å². The van der Waals surface area contributed by atoms with E-state index in [0.717, 1.165) is 38.8 Å². The highest BCUT2D eigenvalue weighted by Crippen LogP contribution is 2.29. The molecular weight excluding hydrogens is 216 g/mol. The third kappa shape index (κ3) is 2.63. The van der Waals surface area contributed by atoms with Gasteiger partial charge in [-0.2, -0.15) is 0 Å². The van der Waals surface area contributed by atoms with Gasteiger partial charge in [-0.1, -0.05) is 0 Å². The summed E-state index contributed by atoms with van der Waals surface area (Å²) in [5, 5.41) is 12.7. The second kappa shape index (κ2) is 4.58. The quantitative estimate of drug-likeness (QED) is 0.750. The molecule has 3 aliphatic rings. The molecule has 1 heterocycles. The van der Waals surface area contributed by atoms with Crippen molar-refractivity contribution < 1.29 is 9.90 Å². The number of carbonyl (C=O) groups is 1. The van der Waals surface area contributed by atoms with Gasteiger partial charge in [0.25, 0.3) is 0 Å². The smallest absolute Gasteiger partial charge is 0.239 e. The molecule has 0 spiro atoms. The zero-order chi connectivity index (χ0) is 11.8. The molecule has 4 heteroatoms. The van der Waals surface area contributed by atoms with Crippen molar-refractivity contribution in [3.63, 3.8) is 0 Å². The van der Waals surface area contributed by atoms with Gasteiger partial charge in [0.05, 0.1) is 12.1 Å². The van der Waals surface area contributed by atoms with Crippen molar-refractivity contribution in [3.05, 3.63) is 0 Å². The Morgan fingerprint density at radius 2 is 2.06 bits per heavy atom. The number of aliphatic hydroxyl groups is 1. The van der Waals surface area contributed by atoms with Crippen molar-refractivity contribution in [2.45, 2.75) is 56.7 Å². The lowest BCUT2D eigenvalue weighted by Gasteiger charge is -2.39. The molecule has 4 nitrogen and oxygen atoms in total. The van der Waals surface area contributed by atoms with Crippen molar-refractivity contribution in [1.82, 2.24) is 10.2 Å². The number of nitrogens with zero attached hydrogens (tertiary/aromatic N) is 1. The molecule has 0 aromatic carbocycles. The maximum absolute atomic E-state index is 12.2. The lowest BCUT2D eigenvalue weighted by molar-refractivity contribution is -0.138. The zero-order valence-electron chi connectivity index (χ0n) is 10.3. The van der Waals surface area contributed by atoms with Gasteiger partial charge in [0.15, 0.2) is 0 Å². The molecule has 96 valence electrons. The van der Waals surface area contributed by atoms with Gasteiger partial charge in [-0.15, -0.1) is 0 Å². The van der Waals surface area contributed by atoms with Crippen LogP contribution in [0.15, 0.2) is 0 Å². The van der Waals surface area contributed by atoms with Gasteiger partial charge in [0, 0.05) is 19.1 Å². The van der Waals surface area contributed by atoms with E-state index in [4.69, 9.17) is 0 Å². The van der Waals surface area contributed by atoms with Gasteiger partial charge in [0.2, 0.25) is 5.91 Å². The average molecular weight is 238 g/mol. The van der Waals surface area contributed by atoms with Crippen LogP contribution < -0.4 is 5.32 Å². The molecule has 0 radical (unpaired) electrons. The molecule has 17 heavy (non-hydrogen) atoms. The Bertz CT molecular complexity index is 298. The second-order valence-electron chi connectivity index (χ2n) is 5.91. The van der Waals surface area contributed by atoms with Crippen LogP contribution in [0.4, 0.5) is 0 Å². The Labute approximate surface area is 102 Å². The van der Waals surface area contributed by atoms with Gasteiger partial charge < -0.3 is 15.3 Å². The molecule has 1 amide bonds. The minimum absolute atomic E-state index is 0.0706. The van der Waals surface area contributed by atoms with E-state index < -0.39 is 0 Å².